The SMILES string of the molecule is N=CN=C(N)c1ccc(Cl)c(C(F)(F)F)c1. The Morgan fingerprint density at radius 3 is 2.56 bits per heavy atom. The summed E-state index contributed by atoms with van der Waals surface area (Å²) in [5, 5.41) is 6.26. The van der Waals surface area contributed by atoms with Crippen LogP contribution in [-0.2, 0) is 6.18 Å². The van der Waals surface area contributed by atoms with E-state index < -0.39 is 16.8 Å². The normalized spacial score (nSPS) is 12.6. The van der Waals surface area contributed by atoms with E-state index in [0.717, 1.165) is 12.1 Å². The van der Waals surface area contributed by atoms with Gasteiger partial charge in [0.2, 0.25) is 0 Å². The second kappa shape index (κ2) is 4.52. The van der Waals surface area contributed by atoms with Crippen LogP contribution in [0.1, 0.15) is 11.1 Å². The van der Waals surface area contributed by atoms with E-state index in [1.165, 1.54) is 6.07 Å². The summed E-state index contributed by atoms with van der Waals surface area (Å²) in [7, 11) is 0. The third kappa shape index (κ3) is 2.73. The quantitative estimate of drug-likeness (QED) is 0.614. The maximum Gasteiger partial charge on any atom is 0.417 e. The number of rotatable bonds is 2. The first-order chi connectivity index (χ1) is 7.36. The van der Waals surface area contributed by atoms with E-state index in [2.05, 4.69) is 4.99 Å². The molecule has 16 heavy (non-hydrogen) atoms. The van der Waals surface area contributed by atoms with Gasteiger partial charge in [-0.1, -0.05) is 11.6 Å². The Morgan fingerprint density at radius 1 is 1.44 bits per heavy atom. The number of hydrogen-bond donors (Lipinski definition) is 2. The van der Waals surface area contributed by atoms with Crippen molar-refractivity contribution in [2.45, 2.75) is 6.18 Å². The van der Waals surface area contributed by atoms with Crippen LogP contribution < -0.4 is 5.73 Å². The molecule has 0 atom stereocenters. The predicted molar refractivity (Wildman–Crippen MR) is 56.0 cm³/mol. The third-order valence-corrected chi connectivity index (χ3v) is 2.10. The molecule has 0 saturated carbocycles. The van der Waals surface area contributed by atoms with Crippen LogP contribution in [0.3, 0.4) is 0 Å². The molecule has 0 unspecified atom stereocenters. The van der Waals surface area contributed by atoms with Crippen molar-refractivity contribution in [2.75, 3.05) is 0 Å². The standard InChI is InChI=1S/C9H7ClF3N3/c10-7-2-1-5(8(15)16-4-14)3-6(7)9(11,12)13/h1-4H,(H3,14,15,16). The topological polar surface area (TPSA) is 62.2 Å². The fourth-order valence-corrected chi connectivity index (χ4v) is 1.27. The van der Waals surface area contributed by atoms with Crippen LogP contribution >= 0.6 is 11.6 Å². The number of hydrogen-bond acceptors (Lipinski definition) is 1. The number of alkyl halides is 3. The van der Waals surface area contributed by atoms with Crippen molar-refractivity contribution in [3.63, 3.8) is 0 Å². The Balaban J connectivity index is 3.28. The Kier molecular flexibility index (Phi) is 3.54. The summed E-state index contributed by atoms with van der Waals surface area (Å²) in [5.41, 5.74) is 4.45. The monoisotopic (exact) mass is 249 g/mol. The molecule has 7 heteroatoms. The maximum atomic E-state index is 12.5. The maximum absolute atomic E-state index is 12.5. The van der Waals surface area contributed by atoms with Crippen molar-refractivity contribution in [1.29, 1.82) is 5.41 Å². The molecule has 0 heterocycles. The molecule has 0 aliphatic rings. The Bertz CT molecular complexity index is 440. The van der Waals surface area contributed by atoms with Gasteiger partial charge in [-0.2, -0.15) is 13.2 Å². The Hall–Kier alpha value is -1.56. The van der Waals surface area contributed by atoms with Gasteiger partial charge in [0.05, 0.1) is 10.6 Å². The molecule has 0 bridgehead atoms. The minimum Gasteiger partial charge on any atom is -0.383 e. The first-order valence-corrected chi connectivity index (χ1v) is 4.43. The van der Waals surface area contributed by atoms with Gasteiger partial charge in [-0.25, -0.2) is 4.99 Å². The lowest BCUT2D eigenvalue weighted by Gasteiger charge is -2.10. The molecule has 3 N–H and O–H groups in total. The first-order valence-electron chi connectivity index (χ1n) is 4.05. The number of nitrogens with zero attached hydrogens (tertiary/aromatic N) is 1. The summed E-state index contributed by atoms with van der Waals surface area (Å²) >= 11 is 5.42. The molecule has 1 rings (SSSR count). The fraction of sp³-hybridized carbons (Fsp3) is 0.111. The summed E-state index contributed by atoms with van der Waals surface area (Å²) in [5.74, 6) is -0.169. The van der Waals surface area contributed by atoms with Gasteiger partial charge in [-0.15, -0.1) is 0 Å². The molecule has 0 aromatic heterocycles. The molecule has 0 saturated heterocycles. The second-order valence-corrected chi connectivity index (χ2v) is 3.24. The molecule has 0 amide bonds. The van der Waals surface area contributed by atoms with Crippen LogP contribution in [0, 0.1) is 5.41 Å². The van der Waals surface area contributed by atoms with Crippen LogP contribution in [-0.4, -0.2) is 12.2 Å². The van der Waals surface area contributed by atoms with Crippen molar-refractivity contribution >= 4 is 23.8 Å². The van der Waals surface area contributed by atoms with Gasteiger partial charge in [0.15, 0.2) is 0 Å². The first kappa shape index (κ1) is 12.5. The third-order valence-electron chi connectivity index (χ3n) is 1.77. The predicted octanol–water partition coefficient (Wildman–Crippen LogP) is 2.67. The highest BCUT2D eigenvalue weighted by molar-refractivity contribution is 6.31. The van der Waals surface area contributed by atoms with Crippen LogP contribution in [0.4, 0.5) is 13.2 Å². The lowest BCUT2D eigenvalue weighted by Crippen LogP contribution is -2.15. The van der Waals surface area contributed by atoms with Crippen molar-refractivity contribution < 1.29 is 13.2 Å². The van der Waals surface area contributed by atoms with Crippen LogP contribution in [0.15, 0.2) is 23.2 Å². The molecular formula is C9H7ClF3N3. The van der Waals surface area contributed by atoms with E-state index in [1.54, 1.807) is 0 Å². The van der Waals surface area contributed by atoms with E-state index in [1.807, 2.05) is 0 Å². The van der Waals surface area contributed by atoms with Gasteiger partial charge >= 0.3 is 6.18 Å². The number of halogens is 4. The molecule has 86 valence electrons. The number of nitrogens with one attached hydrogen (secondary N) is 1. The highest BCUT2D eigenvalue weighted by Gasteiger charge is 2.33. The molecule has 0 aliphatic heterocycles. The van der Waals surface area contributed by atoms with Crippen LogP contribution in [0.2, 0.25) is 5.02 Å². The summed E-state index contributed by atoms with van der Waals surface area (Å²) < 4.78 is 37.4. The lowest BCUT2D eigenvalue weighted by molar-refractivity contribution is -0.137. The van der Waals surface area contributed by atoms with E-state index in [-0.39, 0.29) is 11.4 Å². The molecule has 1 aromatic carbocycles. The van der Waals surface area contributed by atoms with Gasteiger partial charge in [-0.3, -0.25) is 5.41 Å². The molecule has 0 fully saturated rings. The van der Waals surface area contributed by atoms with E-state index in [4.69, 9.17) is 22.7 Å². The largest absolute Gasteiger partial charge is 0.417 e. The zero-order chi connectivity index (χ0) is 12.3. The highest BCUT2D eigenvalue weighted by atomic mass is 35.5. The van der Waals surface area contributed by atoms with Gasteiger partial charge < -0.3 is 5.73 Å². The van der Waals surface area contributed by atoms with Crippen molar-refractivity contribution in [1.82, 2.24) is 0 Å². The van der Waals surface area contributed by atoms with Gasteiger partial charge in [0.25, 0.3) is 0 Å². The zero-order valence-electron chi connectivity index (χ0n) is 7.85. The minimum atomic E-state index is -4.54. The van der Waals surface area contributed by atoms with Crippen LogP contribution in [0.25, 0.3) is 0 Å². The molecule has 0 spiro atoms. The smallest absolute Gasteiger partial charge is 0.383 e. The van der Waals surface area contributed by atoms with Crippen molar-refractivity contribution in [3.8, 4) is 0 Å². The number of nitrogens with two attached hydrogens (primary N) is 1. The summed E-state index contributed by atoms with van der Waals surface area (Å²) in [6.07, 6.45) is -3.89. The molecular weight excluding hydrogens is 243 g/mol. The fourth-order valence-electron chi connectivity index (χ4n) is 1.05. The highest BCUT2D eigenvalue weighted by Crippen LogP contribution is 2.34. The van der Waals surface area contributed by atoms with Gasteiger partial charge in [0.1, 0.15) is 12.2 Å². The second-order valence-electron chi connectivity index (χ2n) is 2.84. The Morgan fingerprint density at radius 2 is 2.06 bits per heavy atom. The Labute approximate surface area is 94.2 Å². The lowest BCUT2D eigenvalue weighted by atomic mass is 10.1. The average Bonchev–Trinajstić information content (AvgIpc) is 2.16. The minimum absolute atomic E-state index is 0.0697. The van der Waals surface area contributed by atoms with Crippen LogP contribution in [0.5, 0.6) is 0 Å². The van der Waals surface area contributed by atoms with Crippen molar-refractivity contribution in [2.24, 2.45) is 10.7 Å². The van der Waals surface area contributed by atoms with Crippen molar-refractivity contribution in [3.05, 3.63) is 34.3 Å². The number of benzene rings is 1. The summed E-state index contributed by atoms with van der Waals surface area (Å²) in [6.45, 7) is 0. The summed E-state index contributed by atoms with van der Waals surface area (Å²) in [6, 6.07) is 3.19. The van der Waals surface area contributed by atoms with E-state index >= 15 is 0 Å². The molecule has 3 nitrogen and oxygen atoms in total. The molecule has 0 aliphatic carbocycles. The number of amidine groups is 1. The van der Waals surface area contributed by atoms with Gasteiger partial charge in [-0.05, 0) is 18.2 Å². The average molecular weight is 250 g/mol. The van der Waals surface area contributed by atoms with Gasteiger partial charge in [0, 0.05) is 5.56 Å². The number of aliphatic imine (C=N–C) groups is 1. The zero-order valence-corrected chi connectivity index (χ0v) is 8.60. The van der Waals surface area contributed by atoms with E-state index in [0.29, 0.717) is 6.34 Å². The molecule has 0 radical (unpaired) electrons. The molecule has 1 aromatic rings. The summed E-state index contributed by atoms with van der Waals surface area (Å²) in [4.78, 5) is 3.37. The van der Waals surface area contributed by atoms with E-state index in [9.17, 15) is 13.2 Å².